The molecule has 1 heterocycles. The zero-order chi connectivity index (χ0) is 20.9. The third-order valence-corrected chi connectivity index (χ3v) is 5.79. The van der Waals surface area contributed by atoms with Crippen LogP contribution in [0.2, 0.25) is 5.02 Å². The van der Waals surface area contributed by atoms with Crippen molar-refractivity contribution in [2.75, 3.05) is 26.9 Å². The lowest BCUT2D eigenvalue weighted by molar-refractivity contribution is 0.0345. The molecule has 1 N–H and O–H groups in total. The Kier molecular flexibility index (Phi) is 7.44. The number of methoxy groups -OCH3 is 1. The van der Waals surface area contributed by atoms with E-state index in [0.29, 0.717) is 54.7 Å². The summed E-state index contributed by atoms with van der Waals surface area (Å²) in [6.07, 6.45) is 2.23. The number of rotatable bonds is 7. The maximum absolute atomic E-state index is 13.2. The number of amides is 1. The van der Waals surface area contributed by atoms with Gasteiger partial charge in [0.1, 0.15) is 0 Å². The van der Waals surface area contributed by atoms with Crippen LogP contribution in [-0.2, 0) is 10.3 Å². The van der Waals surface area contributed by atoms with Crippen LogP contribution in [0.5, 0.6) is 11.5 Å². The number of halogens is 2. The van der Waals surface area contributed by atoms with E-state index < -0.39 is 5.54 Å². The number of benzene rings is 2. The van der Waals surface area contributed by atoms with Crippen molar-refractivity contribution >= 4 is 33.4 Å². The van der Waals surface area contributed by atoms with Crippen LogP contribution in [0.25, 0.3) is 0 Å². The molecule has 0 saturated carbocycles. The fraction of sp³-hybridized carbons (Fsp3) is 0.409. The second-order valence-electron chi connectivity index (χ2n) is 7.00. The highest BCUT2D eigenvalue weighted by molar-refractivity contribution is 9.10. The van der Waals surface area contributed by atoms with E-state index in [0.717, 1.165) is 16.5 Å². The highest BCUT2D eigenvalue weighted by Gasteiger charge is 2.36. The number of nitrogens with one attached hydrogen (secondary N) is 1. The Hall–Kier alpha value is -1.76. The van der Waals surface area contributed by atoms with Crippen LogP contribution in [0.3, 0.4) is 0 Å². The summed E-state index contributed by atoms with van der Waals surface area (Å²) in [6, 6.07) is 11.3. The topological polar surface area (TPSA) is 56.8 Å². The minimum Gasteiger partial charge on any atom is -0.493 e. The summed E-state index contributed by atoms with van der Waals surface area (Å²) in [5.74, 6) is 0.689. The zero-order valence-electron chi connectivity index (χ0n) is 16.6. The molecule has 1 amide bonds. The Labute approximate surface area is 184 Å². The van der Waals surface area contributed by atoms with Gasteiger partial charge in [-0.2, -0.15) is 0 Å². The van der Waals surface area contributed by atoms with Crippen molar-refractivity contribution in [1.82, 2.24) is 5.32 Å². The van der Waals surface area contributed by atoms with E-state index in [1.54, 1.807) is 12.1 Å². The summed E-state index contributed by atoms with van der Waals surface area (Å²) in [5, 5.41) is 3.59. The summed E-state index contributed by atoms with van der Waals surface area (Å²) in [5.41, 5.74) is 0.969. The first kappa shape index (κ1) is 21.9. The second-order valence-corrected chi connectivity index (χ2v) is 8.32. The van der Waals surface area contributed by atoms with Gasteiger partial charge in [-0.3, -0.25) is 4.79 Å². The zero-order valence-corrected chi connectivity index (χ0v) is 18.9. The summed E-state index contributed by atoms with van der Waals surface area (Å²) in [7, 11) is 1.54. The SMILES string of the molecule is CCCOc1c(Cl)cc(C(=O)NC2(c3cccc(Br)c3)CCOCC2)cc1OC. The Morgan fingerprint density at radius 1 is 1.28 bits per heavy atom. The van der Waals surface area contributed by atoms with Crippen molar-refractivity contribution in [3.63, 3.8) is 0 Å². The molecule has 1 fully saturated rings. The monoisotopic (exact) mass is 481 g/mol. The molecule has 156 valence electrons. The number of carbonyl (C=O) groups excluding carboxylic acids is 1. The van der Waals surface area contributed by atoms with Crippen molar-refractivity contribution in [2.45, 2.75) is 31.7 Å². The van der Waals surface area contributed by atoms with Crippen LogP contribution in [0.15, 0.2) is 40.9 Å². The van der Waals surface area contributed by atoms with Gasteiger partial charge in [0, 0.05) is 23.2 Å². The number of hydrogen-bond donors (Lipinski definition) is 1. The van der Waals surface area contributed by atoms with Crippen molar-refractivity contribution in [2.24, 2.45) is 0 Å². The lowest BCUT2D eigenvalue weighted by Gasteiger charge is -2.38. The van der Waals surface area contributed by atoms with Crippen LogP contribution in [0, 0.1) is 0 Å². The van der Waals surface area contributed by atoms with Gasteiger partial charge < -0.3 is 19.5 Å². The molecule has 2 aromatic carbocycles. The summed E-state index contributed by atoms with van der Waals surface area (Å²) >= 11 is 9.93. The van der Waals surface area contributed by atoms with Crippen molar-refractivity contribution in [1.29, 1.82) is 0 Å². The molecular weight excluding hydrogens is 458 g/mol. The maximum Gasteiger partial charge on any atom is 0.252 e. The van der Waals surface area contributed by atoms with Crippen LogP contribution in [0.4, 0.5) is 0 Å². The van der Waals surface area contributed by atoms with E-state index in [4.69, 9.17) is 25.8 Å². The van der Waals surface area contributed by atoms with E-state index in [1.165, 1.54) is 7.11 Å². The normalized spacial score (nSPS) is 15.6. The molecule has 0 aromatic heterocycles. The molecule has 0 atom stereocenters. The minimum atomic E-state index is -0.504. The molecule has 5 nitrogen and oxygen atoms in total. The molecule has 0 radical (unpaired) electrons. The van der Waals surface area contributed by atoms with E-state index >= 15 is 0 Å². The Balaban J connectivity index is 1.91. The molecule has 2 aromatic rings. The van der Waals surface area contributed by atoms with E-state index in [-0.39, 0.29) is 5.91 Å². The van der Waals surface area contributed by atoms with E-state index in [9.17, 15) is 4.79 Å². The van der Waals surface area contributed by atoms with Crippen LogP contribution < -0.4 is 14.8 Å². The summed E-state index contributed by atoms with van der Waals surface area (Å²) in [6.45, 7) is 3.70. The molecular formula is C22H25BrClNO4. The van der Waals surface area contributed by atoms with Gasteiger partial charge in [0.2, 0.25) is 0 Å². The van der Waals surface area contributed by atoms with E-state index in [2.05, 4.69) is 21.2 Å². The van der Waals surface area contributed by atoms with Crippen LogP contribution in [0.1, 0.15) is 42.1 Å². The van der Waals surface area contributed by atoms with Gasteiger partial charge in [-0.05, 0) is 49.1 Å². The molecule has 0 bridgehead atoms. The largest absolute Gasteiger partial charge is 0.493 e. The van der Waals surface area contributed by atoms with Gasteiger partial charge in [0.05, 0.1) is 24.3 Å². The van der Waals surface area contributed by atoms with Gasteiger partial charge >= 0.3 is 0 Å². The Morgan fingerprint density at radius 3 is 2.69 bits per heavy atom. The second kappa shape index (κ2) is 9.83. The van der Waals surface area contributed by atoms with Gasteiger partial charge in [0.25, 0.3) is 5.91 Å². The highest BCUT2D eigenvalue weighted by Crippen LogP contribution is 2.38. The molecule has 3 rings (SSSR count). The third kappa shape index (κ3) is 5.05. The number of ether oxygens (including phenoxy) is 3. The maximum atomic E-state index is 13.2. The Morgan fingerprint density at radius 2 is 2.03 bits per heavy atom. The first-order chi connectivity index (χ1) is 14.0. The van der Waals surface area contributed by atoms with Gasteiger partial charge in [-0.15, -0.1) is 0 Å². The molecule has 29 heavy (non-hydrogen) atoms. The van der Waals surface area contributed by atoms with Crippen molar-refractivity contribution in [3.05, 3.63) is 57.0 Å². The lowest BCUT2D eigenvalue weighted by atomic mass is 9.82. The number of hydrogen-bond acceptors (Lipinski definition) is 4. The molecule has 0 unspecified atom stereocenters. The molecule has 0 spiro atoms. The Bertz CT molecular complexity index is 868. The molecule has 1 aliphatic heterocycles. The minimum absolute atomic E-state index is 0.214. The predicted octanol–water partition coefficient (Wildman–Crippen LogP) is 5.34. The van der Waals surface area contributed by atoms with Gasteiger partial charge in [-0.25, -0.2) is 0 Å². The lowest BCUT2D eigenvalue weighted by Crippen LogP contribution is -2.49. The first-order valence-electron chi connectivity index (χ1n) is 9.65. The first-order valence-corrected chi connectivity index (χ1v) is 10.8. The standard InChI is InChI=1S/C22H25BrClNO4/c1-3-9-29-20-18(24)12-15(13-19(20)27-2)21(26)25-22(7-10-28-11-8-22)16-5-4-6-17(23)14-16/h4-6,12-14H,3,7-11H2,1-2H3,(H,25,26). The number of carbonyl (C=O) groups is 1. The van der Waals surface area contributed by atoms with E-state index in [1.807, 2.05) is 31.2 Å². The van der Waals surface area contributed by atoms with Crippen molar-refractivity contribution < 1.29 is 19.0 Å². The molecule has 0 aliphatic carbocycles. The third-order valence-electron chi connectivity index (χ3n) is 5.02. The summed E-state index contributed by atoms with van der Waals surface area (Å²) < 4.78 is 17.6. The average molecular weight is 483 g/mol. The fourth-order valence-electron chi connectivity index (χ4n) is 3.48. The average Bonchev–Trinajstić information content (AvgIpc) is 2.73. The molecule has 1 saturated heterocycles. The predicted molar refractivity (Wildman–Crippen MR) is 117 cm³/mol. The molecule has 1 aliphatic rings. The smallest absolute Gasteiger partial charge is 0.252 e. The molecule has 7 heteroatoms. The van der Waals surface area contributed by atoms with Gasteiger partial charge in [-0.1, -0.05) is 46.6 Å². The fourth-order valence-corrected chi connectivity index (χ4v) is 4.14. The quantitative estimate of drug-likeness (QED) is 0.579. The van der Waals surface area contributed by atoms with Crippen LogP contribution >= 0.6 is 27.5 Å². The van der Waals surface area contributed by atoms with Gasteiger partial charge in [0.15, 0.2) is 11.5 Å². The summed E-state index contributed by atoms with van der Waals surface area (Å²) in [4.78, 5) is 13.2. The van der Waals surface area contributed by atoms with Crippen molar-refractivity contribution in [3.8, 4) is 11.5 Å². The van der Waals surface area contributed by atoms with Crippen LogP contribution in [-0.4, -0.2) is 32.8 Å². The highest BCUT2D eigenvalue weighted by atomic mass is 79.9.